The van der Waals surface area contributed by atoms with Gasteiger partial charge in [-0.05, 0) is 29.2 Å². The second-order valence-corrected chi connectivity index (χ2v) is 6.50. The smallest absolute Gasteiger partial charge is 0.273 e. The number of hydrogen-bond acceptors (Lipinski definition) is 5. The van der Waals surface area contributed by atoms with Gasteiger partial charge in [0, 0.05) is 18.3 Å². The number of carbonyl (C=O) groups excluding carboxylic acids is 2. The molecule has 0 fully saturated rings. The van der Waals surface area contributed by atoms with E-state index < -0.39 is 0 Å². The molecule has 2 aromatic rings. The number of carbonyl (C=O) groups is 2. The molecule has 0 saturated carbocycles. The Hall–Kier alpha value is -2.80. The molecule has 6 nitrogen and oxygen atoms in total. The largest absolute Gasteiger partial charge is 0.329 e. The summed E-state index contributed by atoms with van der Waals surface area (Å²) in [7, 11) is 0. The van der Waals surface area contributed by atoms with Gasteiger partial charge in [-0.2, -0.15) is 0 Å². The molecule has 0 bridgehead atoms. The van der Waals surface area contributed by atoms with Crippen LogP contribution < -0.4 is 5.32 Å². The lowest BCUT2D eigenvalue weighted by atomic mass is 10.2. The van der Waals surface area contributed by atoms with Gasteiger partial charge in [0.15, 0.2) is 0 Å². The second kappa shape index (κ2) is 6.01. The Morgan fingerprint density at radius 2 is 2.08 bits per heavy atom. The van der Waals surface area contributed by atoms with Gasteiger partial charge in [0.1, 0.15) is 11.5 Å². The summed E-state index contributed by atoms with van der Waals surface area (Å²) in [4.78, 5) is 35.6. The van der Waals surface area contributed by atoms with E-state index in [9.17, 15) is 9.59 Å². The van der Waals surface area contributed by atoms with Crippen LogP contribution in [0.15, 0.2) is 58.0 Å². The molecule has 1 N–H and O–H groups in total. The van der Waals surface area contributed by atoms with Crippen molar-refractivity contribution in [2.75, 3.05) is 19.6 Å². The van der Waals surface area contributed by atoms with Gasteiger partial charge in [0.25, 0.3) is 11.8 Å². The summed E-state index contributed by atoms with van der Waals surface area (Å²) in [5, 5.41) is 4.72. The minimum atomic E-state index is -0.160. The van der Waals surface area contributed by atoms with Crippen molar-refractivity contribution in [1.82, 2.24) is 15.2 Å². The molecule has 2 aromatic heterocycles. The van der Waals surface area contributed by atoms with Gasteiger partial charge in [-0.15, -0.1) is 11.3 Å². The van der Waals surface area contributed by atoms with E-state index in [0.29, 0.717) is 36.0 Å². The number of hydrogen-bond donors (Lipinski definition) is 1. The minimum absolute atomic E-state index is 0.103. The third kappa shape index (κ3) is 2.63. The van der Waals surface area contributed by atoms with Crippen LogP contribution in [0.3, 0.4) is 0 Å². The molecule has 120 valence electrons. The average molecular weight is 338 g/mol. The van der Waals surface area contributed by atoms with Crippen molar-refractivity contribution in [2.45, 2.75) is 0 Å². The molecule has 2 amide bonds. The van der Waals surface area contributed by atoms with Crippen LogP contribution in [0.25, 0.3) is 0 Å². The normalized spacial score (nSPS) is 16.2. The number of nitrogens with one attached hydrogen (secondary N) is 1. The van der Waals surface area contributed by atoms with Crippen molar-refractivity contribution in [2.24, 2.45) is 4.99 Å². The Kier molecular flexibility index (Phi) is 3.70. The molecule has 0 unspecified atom stereocenters. The molecule has 0 saturated heterocycles. The molecule has 2 aliphatic rings. The Morgan fingerprint density at radius 3 is 2.83 bits per heavy atom. The lowest BCUT2D eigenvalue weighted by molar-refractivity contribution is 0.0790. The van der Waals surface area contributed by atoms with Crippen LogP contribution in [0.5, 0.6) is 0 Å². The molecule has 0 spiro atoms. The van der Waals surface area contributed by atoms with E-state index >= 15 is 0 Å². The van der Waals surface area contributed by atoms with Crippen molar-refractivity contribution in [3.63, 3.8) is 0 Å². The summed E-state index contributed by atoms with van der Waals surface area (Å²) in [6.07, 6.45) is 1.61. The highest BCUT2D eigenvalue weighted by Gasteiger charge is 2.33. The van der Waals surface area contributed by atoms with Crippen LogP contribution in [0, 0.1) is 0 Å². The van der Waals surface area contributed by atoms with E-state index in [1.54, 1.807) is 35.4 Å². The monoisotopic (exact) mass is 338 g/mol. The lowest BCUT2D eigenvalue weighted by Crippen LogP contribution is -2.35. The van der Waals surface area contributed by atoms with Crippen LogP contribution >= 0.6 is 11.3 Å². The SMILES string of the molecule is O=C(NC1=NCC2=C1CN(C(=O)c1ccccn1)C2)c1cccs1. The number of rotatable bonds is 2. The number of pyridine rings is 1. The standard InChI is InChI=1S/C17H14N4O2S/c22-16(14-5-3-7-24-14)20-15-12-10-21(9-11(12)8-19-15)17(23)13-4-1-2-6-18-13/h1-7H,8-10H2,(H,19,20,22). The van der Waals surface area contributed by atoms with E-state index in [2.05, 4.69) is 15.3 Å². The molecular weight excluding hydrogens is 324 g/mol. The van der Waals surface area contributed by atoms with Crippen LogP contribution in [-0.2, 0) is 0 Å². The van der Waals surface area contributed by atoms with Crippen LogP contribution in [0.4, 0.5) is 0 Å². The number of aromatic nitrogens is 1. The summed E-state index contributed by atoms with van der Waals surface area (Å²) in [5.41, 5.74) is 2.46. The van der Waals surface area contributed by atoms with Gasteiger partial charge in [-0.25, -0.2) is 0 Å². The van der Waals surface area contributed by atoms with E-state index in [-0.39, 0.29) is 11.8 Å². The first kappa shape index (κ1) is 14.8. The second-order valence-electron chi connectivity index (χ2n) is 5.55. The molecule has 4 heterocycles. The van der Waals surface area contributed by atoms with Gasteiger partial charge in [-0.1, -0.05) is 12.1 Å². The first-order valence-corrected chi connectivity index (χ1v) is 8.41. The van der Waals surface area contributed by atoms with Gasteiger partial charge in [-0.3, -0.25) is 19.6 Å². The Morgan fingerprint density at radius 1 is 1.17 bits per heavy atom. The third-order valence-electron chi connectivity index (χ3n) is 4.02. The highest BCUT2D eigenvalue weighted by molar-refractivity contribution is 7.12. The highest BCUT2D eigenvalue weighted by Crippen LogP contribution is 2.25. The fourth-order valence-corrected chi connectivity index (χ4v) is 3.45. The Bertz CT molecular complexity index is 856. The molecule has 0 atom stereocenters. The zero-order valence-corrected chi connectivity index (χ0v) is 13.5. The van der Waals surface area contributed by atoms with Crippen molar-refractivity contribution in [3.05, 3.63) is 63.6 Å². The van der Waals surface area contributed by atoms with Gasteiger partial charge in [0.2, 0.25) is 0 Å². The van der Waals surface area contributed by atoms with Crippen molar-refractivity contribution < 1.29 is 9.59 Å². The maximum atomic E-state index is 12.5. The van der Waals surface area contributed by atoms with Gasteiger partial charge < -0.3 is 10.2 Å². The molecule has 0 aromatic carbocycles. The molecular formula is C17H14N4O2S. The highest BCUT2D eigenvalue weighted by atomic mass is 32.1. The quantitative estimate of drug-likeness (QED) is 0.906. The summed E-state index contributed by atoms with van der Waals surface area (Å²) in [6.45, 7) is 1.52. The van der Waals surface area contributed by atoms with Crippen molar-refractivity contribution in [1.29, 1.82) is 0 Å². The molecule has 0 aliphatic carbocycles. The molecule has 7 heteroatoms. The van der Waals surface area contributed by atoms with E-state index in [1.165, 1.54) is 11.3 Å². The first-order valence-electron chi connectivity index (χ1n) is 7.53. The first-order chi connectivity index (χ1) is 11.7. The summed E-state index contributed by atoms with van der Waals surface area (Å²) in [5.74, 6) is 0.320. The van der Waals surface area contributed by atoms with E-state index in [0.717, 1.165) is 11.1 Å². The van der Waals surface area contributed by atoms with Gasteiger partial charge >= 0.3 is 0 Å². The number of aliphatic imine (C=N–C) groups is 1. The summed E-state index contributed by atoms with van der Waals surface area (Å²) >= 11 is 1.39. The van der Waals surface area contributed by atoms with Crippen molar-refractivity contribution >= 4 is 29.0 Å². The van der Waals surface area contributed by atoms with Crippen LogP contribution in [0.1, 0.15) is 20.2 Å². The number of thiophene rings is 1. The Labute approximate surface area is 142 Å². The van der Waals surface area contributed by atoms with E-state index in [1.807, 2.05) is 11.4 Å². The van der Waals surface area contributed by atoms with Crippen LogP contribution in [-0.4, -0.2) is 47.2 Å². The summed E-state index contributed by atoms with van der Waals surface area (Å²) < 4.78 is 0. The zero-order valence-electron chi connectivity index (χ0n) is 12.7. The van der Waals surface area contributed by atoms with Crippen molar-refractivity contribution in [3.8, 4) is 0 Å². The number of nitrogens with zero attached hydrogens (tertiary/aromatic N) is 3. The maximum absolute atomic E-state index is 12.5. The maximum Gasteiger partial charge on any atom is 0.273 e. The average Bonchev–Trinajstić information content (AvgIpc) is 3.33. The van der Waals surface area contributed by atoms with Gasteiger partial charge in [0.05, 0.1) is 18.0 Å². The minimum Gasteiger partial charge on any atom is -0.329 e. The molecule has 4 rings (SSSR count). The Balaban J connectivity index is 1.45. The zero-order chi connectivity index (χ0) is 16.5. The van der Waals surface area contributed by atoms with E-state index in [4.69, 9.17) is 0 Å². The third-order valence-corrected chi connectivity index (χ3v) is 4.89. The lowest BCUT2D eigenvalue weighted by Gasteiger charge is -2.17. The fourth-order valence-electron chi connectivity index (χ4n) is 2.83. The predicted octanol–water partition coefficient (Wildman–Crippen LogP) is 1.74. The molecule has 0 radical (unpaired) electrons. The fraction of sp³-hybridized carbons (Fsp3) is 0.176. The van der Waals surface area contributed by atoms with Crippen LogP contribution in [0.2, 0.25) is 0 Å². The molecule has 2 aliphatic heterocycles. The molecule has 24 heavy (non-hydrogen) atoms. The number of amides is 2. The predicted molar refractivity (Wildman–Crippen MR) is 91.3 cm³/mol. The summed E-state index contributed by atoms with van der Waals surface area (Å²) in [6, 6.07) is 8.90. The number of amidine groups is 1. The topological polar surface area (TPSA) is 74.7 Å².